The average molecular weight is 434 g/mol. The number of thiazole rings is 1. The maximum Gasteiger partial charge on any atom is 0.238 e. The zero-order valence-corrected chi connectivity index (χ0v) is 17.0. The Morgan fingerprint density at radius 3 is 2.61 bits per heavy atom. The van der Waals surface area contributed by atoms with Crippen LogP contribution in [0.25, 0.3) is 15.2 Å². The van der Waals surface area contributed by atoms with Crippen LogP contribution in [-0.2, 0) is 14.8 Å². The molecule has 144 valence electrons. The lowest BCUT2D eigenvalue weighted by molar-refractivity contribution is -0.115. The highest BCUT2D eigenvalue weighted by atomic mass is 32.2. The number of carbonyl (C=O) groups excluding carboxylic acids is 1. The number of fused-ring (bicyclic) bond motifs is 3. The van der Waals surface area contributed by atoms with Gasteiger partial charge in [-0.2, -0.15) is 0 Å². The number of rotatable bonds is 5. The van der Waals surface area contributed by atoms with Crippen LogP contribution in [0.5, 0.6) is 0 Å². The Morgan fingerprint density at radius 1 is 1.18 bits per heavy atom. The second kappa shape index (κ2) is 7.17. The molecule has 1 atom stereocenters. The number of sulfonamides is 1. The number of hydrogen-bond acceptors (Lipinski definition) is 7. The van der Waals surface area contributed by atoms with E-state index in [2.05, 4.69) is 15.5 Å². The highest BCUT2D eigenvalue weighted by Gasteiger charge is 2.20. The van der Waals surface area contributed by atoms with Gasteiger partial charge in [0.2, 0.25) is 20.9 Å². The fourth-order valence-electron chi connectivity index (χ4n) is 2.62. The zero-order chi connectivity index (χ0) is 19.9. The number of para-hydroxylation sites is 1. The third kappa shape index (κ3) is 3.61. The van der Waals surface area contributed by atoms with E-state index in [9.17, 15) is 13.2 Å². The fourth-order valence-corrected chi connectivity index (χ4v) is 5.01. The summed E-state index contributed by atoms with van der Waals surface area (Å²) in [7, 11) is -3.77. The lowest BCUT2D eigenvalue weighted by atomic mass is 10.3. The van der Waals surface area contributed by atoms with E-state index in [1.807, 2.05) is 28.7 Å². The van der Waals surface area contributed by atoms with Crippen molar-refractivity contribution < 1.29 is 13.2 Å². The molecule has 4 rings (SSSR count). The number of amides is 1. The van der Waals surface area contributed by atoms with E-state index in [0.29, 0.717) is 10.8 Å². The molecule has 0 spiro atoms. The first-order chi connectivity index (χ1) is 13.3. The summed E-state index contributed by atoms with van der Waals surface area (Å²) in [6, 6.07) is 13.6. The van der Waals surface area contributed by atoms with Crippen molar-refractivity contribution in [1.29, 1.82) is 0 Å². The molecular formula is C17H15N5O3S3. The highest BCUT2D eigenvalue weighted by molar-refractivity contribution is 8.00. The van der Waals surface area contributed by atoms with Crippen molar-refractivity contribution in [2.45, 2.75) is 22.2 Å². The van der Waals surface area contributed by atoms with Gasteiger partial charge < -0.3 is 5.32 Å². The van der Waals surface area contributed by atoms with E-state index in [1.54, 1.807) is 18.3 Å². The molecule has 28 heavy (non-hydrogen) atoms. The van der Waals surface area contributed by atoms with Crippen LogP contribution >= 0.6 is 23.1 Å². The molecule has 0 aliphatic heterocycles. The lowest BCUT2D eigenvalue weighted by Gasteiger charge is -2.11. The first-order valence-electron chi connectivity index (χ1n) is 8.16. The van der Waals surface area contributed by atoms with Crippen LogP contribution in [0.4, 0.5) is 5.69 Å². The van der Waals surface area contributed by atoms with Gasteiger partial charge in [0, 0.05) is 5.69 Å². The topological polar surface area (TPSA) is 119 Å². The molecule has 8 nitrogen and oxygen atoms in total. The number of carbonyl (C=O) groups is 1. The van der Waals surface area contributed by atoms with Crippen LogP contribution in [0.15, 0.2) is 58.6 Å². The number of thioether (sulfide) groups is 1. The van der Waals surface area contributed by atoms with Crippen LogP contribution in [0.1, 0.15) is 6.92 Å². The van der Waals surface area contributed by atoms with E-state index >= 15 is 0 Å². The van der Waals surface area contributed by atoms with E-state index in [-0.39, 0.29) is 10.8 Å². The molecule has 0 saturated carbocycles. The number of hydrogen-bond donors (Lipinski definition) is 2. The monoisotopic (exact) mass is 433 g/mol. The Balaban J connectivity index is 1.51. The minimum absolute atomic E-state index is 0.0110. The number of nitrogens with one attached hydrogen (secondary N) is 1. The maximum atomic E-state index is 12.5. The van der Waals surface area contributed by atoms with E-state index in [4.69, 9.17) is 5.14 Å². The van der Waals surface area contributed by atoms with Crippen LogP contribution < -0.4 is 10.5 Å². The van der Waals surface area contributed by atoms with Crippen molar-refractivity contribution in [2.24, 2.45) is 5.14 Å². The molecule has 0 fully saturated rings. The first kappa shape index (κ1) is 18.9. The second-order valence-corrected chi connectivity index (χ2v) is 9.87. The van der Waals surface area contributed by atoms with Gasteiger partial charge in [0.25, 0.3) is 0 Å². The molecule has 3 N–H and O–H groups in total. The van der Waals surface area contributed by atoms with Crippen LogP contribution in [0.3, 0.4) is 0 Å². The molecule has 1 amide bonds. The van der Waals surface area contributed by atoms with E-state index in [0.717, 1.165) is 15.2 Å². The molecule has 11 heteroatoms. The smallest absolute Gasteiger partial charge is 0.238 e. The molecule has 4 aromatic rings. The van der Waals surface area contributed by atoms with E-state index in [1.165, 1.54) is 36.0 Å². The minimum atomic E-state index is -3.77. The summed E-state index contributed by atoms with van der Waals surface area (Å²) in [4.78, 5) is 13.3. The van der Waals surface area contributed by atoms with Gasteiger partial charge in [-0.3, -0.25) is 9.20 Å². The van der Waals surface area contributed by atoms with Crippen LogP contribution in [0, 0.1) is 0 Å². The quantitative estimate of drug-likeness (QED) is 0.467. The summed E-state index contributed by atoms with van der Waals surface area (Å²) in [5.41, 5.74) is 1.48. The summed E-state index contributed by atoms with van der Waals surface area (Å²) < 4.78 is 25.6. The lowest BCUT2D eigenvalue weighted by Crippen LogP contribution is -2.22. The molecule has 0 bridgehead atoms. The average Bonchev–Trinajstić information content (AvgIpc) is 3.21. The first-order valence-corrected chi connectivity index (χ1v) is 11.4. The Labute approximate surface area is 168 Å². The summed E-state index contributed by atoms with van der Waals surface area (Å²) >= 11 is 2.84. The molecule has 2 heterocycles. The molecule has 0 unspecified atom stereocenters. The van der Waals surface area contributed by atoms with Gasteiger partial charge in [-0.25, -0.2) is 13.6 Å². The van der Waals surface area contributed by atoms with E-state index < -0.39 is 15.3 Å². The highest BCUT2D eigenvalue weighted by Crippen LogP contribution is 2.31. The Morgan fingerprint density at radius 2 is 1.89 bits per heavy atom. The third-order valence-corrected chi connectivity index (χ3v) is 7.00. The van der Waals surface area contributed by atoms with Crippen molar-refractivity contribution in [3.8, 4) is 0 Å². The van der Waals surface area contributed by atoms with Gasteiger partial charge >= 0.3 is 0 Å². The van der Waals surface area contributed by atoms with Crippen molar-refractivity contribution in [1.82, 2.24) is 14.6 Å². The van der Waals surface area contributed by atoms with Crippen molar-refractivity contribution >= 4 is 59.9 Å². The SMILES string of the molecule is C[C@@H](Sc1nnc2sc3ccccc3n12)C(=O)Nc1ccc(S(N)(=O)=O)cc1. The van der Waals surface area contributed by atoms with Crippen molar-refractivity contribution in [2.75, 3.05) is 5.32 Å². The molecular weight excluding hydrogens is 418 g/mol. The largest absolute Gasteiger partial charge is 0.325 e. The summed E-state index contributed by atoms with van der Waals surface area (Å²) in [5, 5.41) is 16.4. The number of nitrogens with two attached hydrogens (primary N) is 1. The van der Waals surface area contributed by atoms with Gasteiger partial charge in [-0.15, -0.1) is 10.2 Å². The summed E-state index contributed by atoms with van der Waals surface area (Å²) in [5.74, 6) is -0.232. The maximum absolute atomic E-state index is 12.5. The Kier molecular flexibility index (Phi) is 4.83. The van der Waals surface area contributed by atoms with Crippen LogP contribution in [-0.4, -0.2) is 34.2 Å². The molecule has 0 aliphatic carbocycles. The Hall–Kier alpha value is -2.47. The predicted octanol–water partition coefficient (Wildman–Crippen LogP) is 2.71. The number of aromatic nitrogens is 3. The normalized spacial score (nSPS) is 13.1. The van der Waals surface area contributed by atoms with Gasteiger partial charge in [-0.1, -0.05) is 35.2 Å². The molecule has 0 saturated heterocycles. The number of primary sulfonamides is 1. The van der Waals surface area contributed by atoms with Crippen molar-refractivity contribution in [3.63, 3.8) is 0 Å². The standard InChI is InChI=1S/C17H15N5O3S3/c1-10(15(23)19-11-6-8-12(9-7-11)28(18,24)25)26-16-20-21-17-22(16)13-4-2-3-5-14(13)27-17/h2-10H,1H3,(H,19,23)(H2,18,24,25)/t10-/m1/s1. The van der Waals surface area contributed by atoms with Crippen LogP contribution in [0.2, 0.25) is 0 Å². The summed E-state index contributed by atoms with van der Waals surface area (Å²) in [6.07, 6.45) is 0. The summed E-state index contributed by atoms with van der Waals surface area (Å²) in [6.45, 7) is 1.77. The number of nitrogens with zero attached hydrogens (tertiary/aromatic N) is 3. The minimum Gasteiger partial charge on any atom is -0.325 e. The van der Waals surface area contributed by atoms with Gasteiger partial charge in [0.05, 0.1) is 20.4 Å². The van der Waals surface area contributed by atoms with Gasteiger partial charge in [-0.05, 0) is 43.3 Å². The molecule has 0 radical (unpaired) electrons. The fraction of sp³-hybridized carbons (Fsp3) is 0.118. The van der Waals surface area contributed by atoms with Gasteiger partial charge in [0.1, 0.15) is 0 Å². The molecule has 2 aromatic carbocycles. The molecule has 2 aromatic heterocycles. The number of benzene rings is 2. The predicted molar refractivity (Wildman–Crippen MR) is 110 cm³/mol. The Bertz CT molecular complexity index is 1280. The zero-order valence-electron chi connectivity index (χ0n) is 14.6. The van der Waals surface area contributed by atoms with Crippen molar-refractivity contribution in [3.05, 3.63) is 48.5 Å². The molecule has 0 aliphatic rings. The van der Waals surface area contributed by atoms with Gasteiger partial charge in [0.15, 0.2) is 5.16 Å². The third-order valence-electron chi connectivity index (χ3n) is 4.01. The second-order valence-electron chi connectivity index (χ2n) is 5.99. The number of anilines is 1.